The second-order valence-corrected chi connectivity index (χ2v) is 9.36. The van der Waals surface area contributed by atoms with Gasteiger partial charge in [-0.25, -0.2) is 4.98 Å². The lowest BCUT2D eigenvalue weighted by atomic mass is 9.98. The maximum absolute atomic E-state index is 13.3. The molecular weight excluding hydrogens is 503 g/mol. The average molecular weight is 528 g/mol. The molecule has 4 aromatic rings. The number of anilines is 1. The molecule has 2 N–H and O–H groups in total. The van der Waals surface area contributed by atoms with Gasteiger partial charge in [0.1, 0.15) is 17.1 Å². The fraction of sp³-hybridized carbons (Fsp3) is 0.222. The van der Waals surface area contributed by atoms with E-state index in [0.717, 1.165) is 11.1 Å². The molecule has 0 radical (unpaired) electrons. The van der Waals surface area contributed by atoms with Crippen LogP contribution in [-0.2, 0) is 0 Å². The minimum atomic E-state index is -4.41. The Hall–Kier alpha value is -3.79. The third-order valence-corrected chi connectivity index (χ3v) is 6.49. The normalized spacial score (nSPS) is 12.4. The van der Waals surface area contributed by atoms with Gasteiger partial charge in [0.2, 0.25) is 0 Å². The number of pyridine rings is 1. The average Bonchev–Trinajstić information content (AvgIpc) is 2.86. The number of nitrogens with zero attached hydrogens (tertiary/aromatic N) is 1. The summed E-state index contributed by atoms with van der Waals surface area (Å²) < 4.78 is 45.9. The van der Waals surface area contributed by atoms with Crippen molar-refractivity contribution in [3.05, 3.63) is 93.4 Å². The Morgan fingerprint density at radius 3 is 2.54 bits per heavy atom. The first-order chi connectivity index (χ1) is 17.5. The number of alkyl halides is 3. The Morgan fingerprint density at radius 2 is 1.84 bits per heavy atom. The number of amides is 1. The zero-order valence-corrected chi connectivity index (χ0v) is 21.1. The van der Waals surface area contributed by atoms with Gasteiger partial charge in [-0.15, -0.1) is 0 Å². The Labute approximate surface area is 215 Å². The van der Waals surface area contributed by atoms with Crippen molar-refractivity contribution in [2.24, 2.45) is 0 Å². The van der Waals surface area contributed by atoms with Crippen LogP contribution in [0.3, 0.4) is 0 Å². The van der Waals surface area contributed by atoms with E-state index in [4.69, 9.17) is 4.42 Å². The van der Waals surface area contributed by atoms with Crippen LogP contribution in [0.15, 0.2) is 70.0 Å². The maximum Gasteiger partial charge on any atom is 0.399 e. The molecule has 0 saturated heterocycles. The van der Waals surface area contributed by atoms with Gasteiger partial charge in [-0.1, -0.05) is 36.4 Å². The molecule has 192 valence electrons. The van der Waals surface area contributed by atoms with E-state index >= 15 is 0 Å². The lowest BCUT2D eigenvalue weighted by molar-refractivity contribution is -0.105. The van der Waals surface area contributed by atoms with Crippen molar-refractivity contribution in [3.8, 4) is 11.3 Å². The van der Waals surface area contributed by atoms with Gasteiger partial charge >= 0.3 is 6.18 Å². The van der Waals surface area contributed by atoms with Crippen LogP contribution < -0.4 is 15.5 Å². The monoisotopic (exact) mass is 527 g/mol. The first-order valence-corrected chi connectivity index (χ1v) is 12.4. The number of aryl methyl sites for hydroxylation is 1. The number of hydrogen-bond donors (Lipinski definition) is 2. The number of rotatable bonds is 7. The zero-order valence-electron chi connectivity index (χ0n) is 20.3. The van der Waals surface area contributed by atoms with Gasteiger partial charge in [-0.05, 0) is 56.5 Å². The molecule has 1 unspecified atom stereocenters. The van der Waals surface area contributed by atoms with E-state index < -0.39 is 23.9 Å². The smallest absolute Gasteiger partial charge is 0.399 e. The molecule has 0 bridgehead atoms. The topological polar surface area (TPSA) is 84.2 Å². The molecule has 2 aromatic carbocycles. The van der Waals surface area contributed by atoms with Crippen molar-refractivity contribution in [1.29, 1.82) is 0 Å². The third kappa shape index (κ3) is 5.96. The molecule has 0 aliphatic heterocycles. The minimum Gasteiger partial charge on any atom is -0.455 e. The Balaban J connectivity index is 1.71. The van der Waals surface area contributed by atoms with Gasteiger partial charge < -0.3 is 9.73 Å². The Bertz CT molecular complexity index is 1500. The second kappa shape index (κ2) is 10.7. The number of aromatic nitrogens is 1. The molecule has 0 spiro atoms. The van der Waals surface area contributed by atoms with Crippen LogP contribution in [0.1, 0.15) is 40.1 Å². The van der Waals surface area contributed by atoms with Crippen LogP contribution in [0.2, 0.25) is 0 Å². The van der Waals surface area contributed by atoms with Crippen molar-refractivity contribution in [2.75, 3.05) is 11.1 Å². The molecule has 1 amide bonds. The van der Waals surface area contributed by atoms with Crippen LogP contribution >= 0.6 is 11.9 Å². The third-order valence-electron chi connectivity index (χ3n) is 5.69. The van der Waals surface area contributed by atoms with Gasteiger partial charge in [0.15, 0.2) is 11.1 Å². The van der Waals surface area contributed by atoms with Gasteiger partial charge in [-0.3, -0.25) is 14.3 Å². The number of carbonyl (C=O) groups excluding carboxylic acids is 1. The Morgan fingerprint density at radius 1 is 1.11 bits per heavy atom. The highest BCUT2D eigenvalue weighted by molar-refractivity contribution is 7.98. The van der Waals surface area contributed by atoms with Crippen LogP contribution in [0, 0.1) is 13.8 Å². The van der Waals surface area contributed by atoms with Gasteiger partial charge in [0.25, 0.3) is 5.91 Å². The van der Waals surface area contributed by atoms with Gasteiger partial charge in [-0.2, -0.15) is 13.2 Å². The van der Waals surface area contributed by atoms with E-state index in [1.165, 1.54) is 6.20 Å². The molecule has 6 nitrogen and oxygen atoms in total. The molecule has 0 fully saturated rings. The molecule has 0 aliphatic carbocycles. The van der Waals surface area contributed by atoms with Gasteiger partial charge in [0, 0.05) is 22.9 Å². The lowest BCUT2D eigenvalue weighted by Gasteiger charge is -2.20. The maximum atomic E-state index is 13.3. The molecule has 2 aromatic heterocycles. The fourth-order valence-electron chi connectivity index (χ4n) is 4.00. The largest absolute Gasteiger partial charge is 0.455 e. The summed E-state index contributed by atoms with van der Waals surface area (Å²) in [5, 5.41) is 3.65. The predicted molar refractivity (Wildman–Crippen MR) is 140 cm³/mol. The fourth-order valence-corrected chi connectivity index (χ4v) is 4.46. The summed E-state index contributed by atoms with van der Waals surface area (Å²) in [6, 6.07) is 15.8. The molecule has 37 heavy (non-hydrogen) atoms. The van der Waals surface area contributed by atoms with Crippen molar-refractivity contribution < 1.29 is 22.4 Å². The highest BCUT2D eigenvalue weighted by Gasteiger charge is 2.28. The second-order valence-electron chi connectivity index (χ2n) is 8.58. The van der Waals surface area contributed by atoms with E-state index in [-0.39, 0.29) is 23.1 Å². The number of fused-ring (bicyclic) bond motifs is 1. The van der Waals surface area contributed by atoms with Crippen LogP contribution in [0.4, 0.5) is 18.9 Å². The quantitative estimate of drug-likeness (QED) is 0.264. The van der Waals surface area contributed by atoms with E-state index in [0.29, 0.717) is 33.5 Å². The van der Waals surface area contributed by atoms with Crippen LogP contribution in [-0.4, -0.2) is 22.8 Å². The SMILES string of the molecule is Cc1cc(C(C)Nc2cccnc2C(=O)NSCC(F)(F)F)c2oc(-c3ccccc3)c(C)c(=O)c2c1. The highest BCUT2D eigenvalue weighted by atomic mass is 32.2. The number of nitrogens with one attached hydrogen (secondary N) is 2. The summed E-state index contributed by atoms with van der Waals surface area (Å²) in [6.45, 7) is 5.44. The van der Waals surface area contributed by atoms with Gasteiger partial charge in [0.05, 0.1) is 17.1 Å². The predicted octanol–water partition coefficient (Wildman–Crippen LogP) is 6.59. The Kier molecular flexibility index (Phi) is 7.58. The molecule has 0 aliphatic rings. The van der Waals surface area contributed by atoms with Crippen LogP contribution in [0.5, 0.6) is 0 Å². The molecule has 4 rings (SSSR count). The number of halogens is 3. The van der Waals surface area contributed by atoms with Crippen molar-refractivity contribution in [3.63, 3.8) is 0 Å². The van der Waals surface area contributed by atoms with Crippen LogP contribution in [0.25, 0.3) is 22.3 Å². The highest BCUT2D eigenvalue weighted by Crippen LogP contribution is 2.32. The minimum absolute atomic E-state index is 0.0525. The first-order valence-electron chi connectivity index (χ1n) is 11.4. The number of benzene rings is 2. The zero-order chi connectivity index (χ0) is 26.7. The number of carbonyl (C=O) groups is 1. The van der Waals surface area contributed by atoms with E-state index in [1.807, 2.05) is 50.2 Å². The standard InChI is InChI=1S/C27H24F3N3O3S/c1-15-12-19(25-20(13-15)23(34)16(2)24(36-25)18-8-5-4-6-9-18)17(3)32-21-10-7-11-31-22(21)26(35)33-37-14-27(28,29)30/h4-13,17,32H,14H2,1-3H3,(H,33,35). The molecule has 2 heterocycles. The van der Waals surface area contributed by atoms with Crippen molar-refractivity contribution in [2.45, 2.75) is 33.0 Å². The summed E-state index contributed by atoms with van der Waals surface area (Å²) in [7, 11) is 0. The lowest BCUT2D eigenvalue weighted by Crippen LogP contribution is -2.23. The summed E-state index contributed by atoms with van der Waals surface area (Å²) in [4.78, 5) is 29.9. The van der Waals surface area contributed by atoms with E-state index in [2.05, 4.69) is 15.0 Å². The van der Waals surface area contributed by atoms with E-state index in [9.17, 15) is 22.8 Å². The number of hydrogen-bond acceptors (Lipinski definition) is 6. The summed E-state index contributed by atoms with van der Waals surface area (Å²) in [6.07, 6.45) is -3.03. The molecule has 10 heteroatoms. The van der Waals surface area contributed by atoms with Crippen molar-refractivity contribution >= 4 is 34.5 Å². The molecule has 1 atom stereocenters. The summed E-state index contributed by atoms with van der Waals surface area (Å²) in [5.41, 5.74) is 3.35. The summed E-state index contributed by atoms with van der Waals surface area (Å²) >= 11 is 0.251. The van der Waals surface area contributed by atoms with Crippen molar-refractivity contribution in [1.82, 2.24) is 9.71 Å². The summed E-state index contributed by atoms with van der Waals surface area (Å²) in [5.74, 6) is -1.51. The molecule has 0 saturated carbocycles. The molecular formula is C27H24F3N3O3S. The van der Waals surface area contributed by atoms with E-state index in [1.54, 1.807) is 25.1 Å². The first kappa shape index (κ1) is 26.3.